The van der Waals surface area contributed by atoms with E-state index in [1.54, 1.807) is 0 Å². The van der Waals surface area contributed by atoms with Crippen LogP contribution in [0.2, 0.25) is 0 Å². The van der Waals surface area contributed by atoms with Crippen LogP contribution in [0.5, 0.6) is 0 Å². The molecule has 0 heterocycles. The van der Waals surface area contributed by atoms with E-state index < -0.39 is 11.7 Å². The highest BCUT2D eigenvalue weighted by atomic mass is 19.1. The van der Waals surface area contributed by atoms with Gasteiger partial charge in [-0.2, -0.15) is 0 Å². The fraction of sp³-hybridized carbons (Fsp3) is 0.429. The second-order valence-electron chi connectivity index (χ2n) is 4.99. The van der Waals surface area contributed by atoms with E-state index in [1.807, 2.05) is 0 Å². The molecule has 0 radical (unpaired) electrons. The number of amides is 2. The molecule has 0 unspecified atom stereocenters. The Morgan fingerprint density at radius 2 is 2.05 bits per heavy atom. The van der Waals surface area contributed by atoms with Crippen LogP contribution in [0, 0.1) is 11.7 Å². The van der Waals surface area contributed by atoms with Gasteiger partial charge in [0, 0.05) is 12.1 Å². The maximum absolute atomic E-state index is 12.9. The number of hydrogen-bond donors (Lipinski definition) is 3. The molecule has 0 spiro atoms. The van der Waals surface area contributed by atoms with Gasteiger partial charge < -0.3 is 15.7 Å². The van der Waals surface area contributed by atoms with Gasteiger partial charge in [-0.25, -0.2) is 4.39 Å². The summed E-state index contributed by atoms with van der Waals surface area (Å²) >= 11 is 0. The summed E-state index contributed by atoms with van der Waals surface area (Å²) in [5, 5.41) is 14.2. The van der Waals surface area contributed by atoms with Gasteiger partial charge >= 0.3 is 0 Å². The Hall–Kier alpha value is -1.95. The SMILES string of the molecule is O=C(CNC(=O)c1cccc(F)c1)NCC1CC(O)C1. The molecule has 1 aliphatic rings. The molecular weight excluding hydrogens is 263 g/mol. The van der Waals surface area contributed by atoms with Gasteiger partial charge in [0.25, 0.3) is 5.91 Å². The fourth-order valence-corrected chi connectivity index (χ4v) is 2.08. The Labute approximate surface area is 116 Å². The zero-order valence-corrected chi connectivity index (χ0v) is 10.9. The third kappa shape index (κ3) is 4.03. The van der Waals surface area contributed by atoms with Crippen LogP contribution in [-0.4, -0.2) is 36.1 Å². The highest BCUT2D eigenvalue weighted by Gasteiger charge is 2.27. The lowest BCUT2D eigenvalue weighted by atomic mass is 9.82. The van der Waals surface area contributed by atoms with E-state index in [4.69, 9.17) is 5.11 Å². The monoisotopic (exact) mass is 280 g/mol. The smallest absolute Gasteiger partial charge is 0.251 e. The summed E-state index contributed by atoms with van der Waals surface area (Å²) in [5.74, 6) is -0.964. The van der Waals surface area contributed by atoms with Crippen molar-refractivity contribution in [3.05, 3.63) is 35.6 Å². The summed E-state index contributed by atoms with van der Waals surface area (Å²) in [7, 11) is 0. The quantitative estimate of drug-likeness (QED) is 0.732. The second kappa shape index (κ2) is 6.47. The standard InChI is InChI=1S/C14H17FN2O3/c15-11-3-1-2-10(6-11)14(20)17-8-13(19)16-7-9-4-12(18)5-9/h1-3,6,9,12,18H,4-5,7-8H2,(H,16,19)(H,17,20). The van der Waals surface area contributed by atoms with E-state index >= 15 is 0 Å². The number of nitrogens with one attached hydrogen (secondary N) is 2. The van der Waals surface area contributed by atoms with Gasteiger partial charge in [0.1, 0.15) is 5.82 Å². The lowest BCUT2D eigenvalue weighted by Gasteiger charge is -2.31. The highest BCUT2D eigenvalue weighted by Crippen LogP contribution is 2.25. The van der Waals surface area contributed by atoms with Gasteiger partial charge in [-0.1, -0.05) is 6.07 Å². The van der Waals surface area contributed by atoms with E-state index in [0.717, 1.165) is 6.07 Å². The Kier molecular flexibility index (Phi) is 4.68. The van der Waals surface area contributed by atoms with Crippen molar-refractivity contribution in [3.8, 4) is 0 Å². The van der Waals surface area contributed by atoms with Crippen molar-refractivity contribution < 1.29 is 19.1 Å². The number of hydrogen-bond acceptors (Lipinski definition) is 3. The van der Waals surface area contributed by atoms with Crippen LogP contribution >= 0.6 is 0 Å². The van der Waals surface area contributed by atoms with Gasteiger partial charge in [-0.05, 0) is 37.0 Å². The molecular formula is C14H17FN2O3. The Morgan fingerprint density at radius 3 is 2.70 bits per heavy atom. The average Bonchev–Trinajstić information content (AvgIpc) is 2.39. The van der Waals surface area contributed by atoms with E-state index in [1.165, 1.54) is 18.2 Å². The van der Waals surface area contributed by atoms with Gasteiger partial charge in [0.15, 0.2) is 0 Å². The molecule has 0 atom stereocenters. The molecule has 1 aromatic carbocycles. The third-order valence-corrected chi connectivity index (χ3v) is 3.30. The maximum Gasteiger partial charge on any atom is 0.251 e. The van der Waals surface area contributed by atoms with Crippen molar-refractivity contribution in [3.63, 3.8) is 0 Å². The predicted octanol–water partition coefficient (Wildman–Crippen LogP) is 0.443. The lowest BCUT2D eigenvalue weighted by molar-refractivity contribution is -0.120. The minimum absolute atomic E-state index is 0.148. The summed E-state index contributed by atoms with van der Waals surface area (Å²) in [4.78, 5) is 23.2. The molecule has 108 valence electrons. The number of aliphatic hydroxyl groups excluding tert-OH is 1. The number of carbonyl (C=O) groups is 2. The van der Waals surface area contributed by atoms with Crippen LogP contribution < -0.4 is 10.6 Å². The van der Waals surface area contributed by atoms with Crippen LogP contribution in [0.15, 0.2) is 24.3 Å². The zero-order valence-electron chi connectivity index (χ0n) is 10.9. The molecule has 1 fully saturated rings. The van der Waals surface area contributed by atoms with Crippen LogP contribution in [0.1, 0.15) is 23.2 Å². The van der Waals surface area contributed by atoms with Gasteiger partial charge in [-0.3, -0.25) is 9.59 Å². The number of aliphatic hydroxyl groups is 1. The normalized spacial score (nSPS) is 20.9. The van der Waals surface area contributed by atoms with E-state index in [2.05, 4.69) is 10.6 Å². The van der Waals surface area contributed by atoms with E-state index in [0.29, 0.717) is 25.3 Å². The average molecular weight is 280 g/mol. The van der Waals surface area contributed by atoms with Crippen molar-refractivity contribution in [2.45, 2.75) is 18.9 Å². The summed E-state index contributed by atoms with van der Waals surface area (Å²) in [6, 6.07) is 5.28. The molecule has 6 heteroatoms. The third-order valence-electron chi connectivity index (χ3n) is 3.30. The Morgan fingerprint density at radius 1 is 1.30 bits per heavy atom. The number of carbonyl (C=O) groups excluding carboxylic acids is 2. The molecule has 2 rings (SSSR count). The molecule has 0 aromatic heterocycles. The van der Waals surface area contributed by atoms with Crippen LogP contribution in [0.3, 0.4) is 0 Å². The largest absolute Gasteiger partial charge is 0.393 e. The molecule has 1 aliphatic carbocycles. The Bertz CT molecular complexity index is 501. The number of halogens is 1. The first-order valence-corrected chi connectivity index (χ1v) is 6.53. The minimum atomic E-state index is -0.495. The zero-order chi connectivity index (χ0) is 14.5. The van der Waals surface area contributed by atoms with Crippen molar-refractivity contribution in [2.75, 3.05) is 13.1 Å². The van der Waals surface area contributed by atoms with Crippen molar-refractivity contribution in [1.82, 2.24) is 10.6 Å². The van der Waals surface area contributed by atoms with Crippen molar-refractivity contribution in [2.24, 2.45) is 5.92 Å². The molecule has 1 aromatic rings. The molecule has 0 bridgehead atoms. The molecule has 20 heavy (non-hydrogen) atoms. The summed E-state index contributed by atoms with van der Waals surface area (Å²) < 4.78 is 12.9. The van der Waals surface area contributed by atoms with Crippen LogP contribution in [0.25, 0.3) is 0 Å². The Balaban J connectivity index is 1.69. The molecule has 1 saturated carbocycles. The summed E-state index contributed by atoms with van der Waals surface area (Å²) in [5.41, 5.74) is 0.180. The van der Waals surface area contributed by atoms with Crippen LogP contribution in [0.4, 0.5) is 4.39 Å². The van der Waals surface area contributed by atoms with Crippen molar-refractivity contribution in [1.29, 1.82) is 0 Å². The second-order valence-corrected chi connectivity index (χ2v) is 4.99. The minimum Gasteiger partial charge on any atom is -0.393 e. The first-order chi connectivity index (χ1) is 9.54. The van der Waals surface area contributed by atoms with Gasteiger partial charge in [-0.15, -0.1) is 0 Å². The molecule has 0 aliphatic heterocycles. The topological polar surface area (TPSA) is 78.4 Å². The first-order valence-electron chi connectivity index (χ1n) is 6.53. The molecule has 0 saturated heterocycles. The summed E-state index contributed by atoms with van der Waals surface area (Å²) in [6.07, 6.45) is 1.16. The van der Waals surface area contributed by atoms with Gasteiger partial charge in [0.2, 0.25) is 5.91 Å². The lowest BCUT2D eigenvalue weighted by Crippen LogP contribution is -2.42. The van der Waals surface area contributed by atoms with E-state index in [9.17, 15) is 14.0 Å². The van der Waals surface area contributed by atoms with Crippen molar-refractivity contribution >= 4 is 11.8 Å². The van der Waals surface area contributed by atoms with Gasteiger partial charge in [0.05, 0.1) is 12.6 Å². The predicted molar refractivity (Wildman–Crippen MR) is 70.5 cm³/mol. The molecule has 2 amide bonds. The molecule has 3 N–H and O–H groups in total. The first kappa shape index (κ1) is 14.5. The fourth-order valence-electron chi connectivity index (χ4n) is 2.08. The number of rotatable bonds is 5. The van der Waals surface area contributed by atoms with E-state index in [-0.39, 0.29) is 24.1 Å². The van der Waals surface area contributed by atoms with Crippen LogP contribution in [-0.2, 0) is 4.79 Å². The summed E-state index contributed by atoms with van der Waals surface area (Å²) in [6.45, 7) is 0.357. The molecule has 5 nitrogen and oxygen atoms in total. The highest BCUT2D eigenvalue weighted by molar-refractivity contribution is 5.96. The maximum atomic E-state index is 12.9. The number of benzene rings is 1.